The zero-order valence-corrected chi connectivity index (χ0v) is 9.93. The van der Waals surface area contributed by atoms with Gasteiger partial charge in [0.05, 0.1) is 12.1 Å². The number of benzene rings is 1. The van der Waals surface area contributed by atoms with Crippen LogP contribution in [0.4, 0.5) is 0 Å². The van der Waals surface area contributed by atoms with Crippen LogP contribution in [0.25, 0.3) is 0 Å². The van der Waals surface area contributed by atoms with Crippen molar-refractivity contribution >= 4 is 11.6 Å². The fourth-order valence-corrected chi connectivity index (χ4v) is 1.67. The van der Waals surface area contributed by atoms with Crippen molar-refractivity contribution in [1.29, 1.82) is 0 Å². The normalized spacial score (nSPS) is 11.5. The number of hydrogen-bond acceptors (Lipinski definition) is 3. The van der Waals surface area contributed by atoms with Crippen molar-refractivity contribution in [3.63, 3.8) is 0 Å². The molecule has 0 aliphatic heterocycles. The number of aromatic hydroxyl groups is 1. The number of hydrogen-bond donors (Lipinski definition) is 2. The van der Waals surface area contributed by atoms with Gasteiger partial charge in [-0.3, -0.25) is 0 Å². The predicted octanol–water partition coefficient (Wildman–Crippen LogP) is 2.33. The summed E-state index contributed by atoms with van der Waals surface area (Å²) in [7, 11) is 1.54. The van der Waals surface area contributed by atoms with Gasteiger partial charge in [-0.05, 0) is 32.4 Å². The lowest BCUT2D eigenvalue weighted by Crippen LogP contribution is -2.34. The largest absolute Gasteiger partial charge is 0.508 e. The van der Waals surface area contributed by atoms with Gasteiger partial charge in [-0.25, -0.2) is 0 Å². The first-order chi connectivity index (χ1) is 6.85. The molecular formula is C11H16ClNO2. The van der Waals surface area contributed by atoms with Crippen molar-refractivity contribution in [1.82, 2.24) is 0 Å². The Labute approximate surface area is 94.8 Å². The fraction of sp³-hybridized carbons (Fsp3) is 0.455. The Morgan fingerprint density at radius 2 is 2.07 bits per heavy atom. The number of phenolic OH excluding ortho intramolecular Hbond substituents is 1. The van der Waals surface area contributed by atoms with E-state index in [0.717, 1.165) is 0 Å². The van der Waals surface area contributed by atoms with E-state index in [4.69, 9.17) is 22.1 Å². The summed E-state index contributed by atoms with van der Waals surface area (Å²) < 4.78 is 5.07. The zero-order valence-electron chi connectivity index (χ0n) is 9.17. The van der Waals surface area contributed by atoms with E-state index in [1.165, 1.54) is 7.11 Å². The lowest BCUT2D eigenvalue weighted by Gasteiger charge is -2.20. The molecule has 0 saturated carbocycles. The first-order valence-electron chi connectivity index (χ1n) is 4.68. The van der Waals surface area contributed by atoms with Crippen molar-refractivity contribution in [2.75, 3.05) is 7.11 Å². The number of phenols is 1. The van der Waals surface area contributed by atoms with Gasteiger partial charge < -0.3 is 15.6 Å². The van der Waals surface area contributed by atoms with Gasteiger partial charge in [0, 0.05) is 11.1 Å². The molecule has 0 fully saturated rings. The van der Waals surface area contributed by atoms with Crippen molar-refractivity contribution in [3.05, 3.63) is 22.7 Å². The highest BCUT2D eigenvalue weighted by Gasteiger charge is 2.19. The first kappa shape index (κ1) is 12.1. The van der Waals surface area contributed by atoms with Crippen molar-refractivity contribution in [3.8, 4) is 11.5 Å². The molecule has 0 unspecified atom stereocenters. The Kier molecular flexibility index (Phi) is 3.47. The van der Waals surface area contributed by atoms with Gasteiger partial charge in [0.15, 0.2) is 0 Å². The highest BCUT2D eigenvalue weighted by molar-refractivity contribution is 6.33. The summed E-state index contributed by atoms with van der Waals surface area (Å²) in [5, 5.41) is 10.1. The molecule has 15 heavy (non-hydrogen) atoms. The van der Waals surface area contributed by atoms with E-state index in [2.05, 4.69) is 0 Å². The second kappa shape index (κ2) is 4.29. The standard InChI is InChI=1S/C11H16ClNO2/c1-11(2,13)6-7-8(14)4-5-9(15-3)10(7)12/h4-5,14H,6,13H2,1-3H3. The van der Waals surface area contributed by atoms with Crippen LogP contribution >= 0.6 is 11.6 Å². The molecule has 0 amide bonds. The number of rotatable bonds is 3. The molecule has 0 aliphatic carbocycles. The SMILES string of the molecule is COc1ccc(O)c(CC(C)(C)N)c1Cl. The van der Waals surface area contributed by atoms with Crippen LogP contribution in [0, 0.1) is 0 Å². The van der Waals surface area contributed by atoms with Crippen LogP contribution in [0.15, 0.2) is 12.1 Å². The Hall–Kier alpha value is -0.930. The predicted molar refractivity (Wildman–Crippen MR) is 61.6 cm³/mol. The fourth-order valence-electron chi connectivity index (χ4n) is 1.37. The molecule has 1 aromatic rings. The summed E-state index contributed by atoms with van der Waals surface area (Å²) in [6, 6.07) is 3.19. The molecular weight excluding hydrogens is 214 g/mol. The second-order valence-corrected chi connectivity index (χ2v) is 4.62. The summed E-state index contributed by atoms with van der Waals surface area (Å²) in [6.07, 6.45) is 0.495. The highest BCUT2D eigenvalue weighted by Crippen LogP contribution is 2.35. The second-order valence-electron chi connectivity index (χ2n) is 4.24. The van der Waals surface area contributed by atoms with Gasteiger partial charge in [0.1, 0.15) is 11.5 Å². The summed E-state index contributed by atoms with van der Waals surface area (Å²) in [4.78, 5) is 0. The molecule has 0 spiro atoms. The van der Waals surface area contributed by atoms with Gasteiger partial charge in [-0.1, -0.05) is 11.6 Å². The zero-order chi connectivity index (χ0) is 11.6. The summed E-state index contributed by atoms with van der Waals surface area (Å²) in [5.41, 5.74) is 6.09. The van der Waals surface area contributed by atoms with Crippen LogP contribution in [-0.2, 0) is 6.42 Å². The van der Waals surface area contributed by atoms with Crippen LogP contribution in [-0.4, -0.2) is 17.8 Å². The molecule has 0 aliphatic rings. The van der Waals surface area contributed by atoms with E-state index in [1.807, 2.05) is 13.8 Å². The third kappa shape index (κ3) is 3.01. The van der Waals surface area contributed by atoms with Crippen LogP contribution in [0.3, 0.4) is 0 Å². The average Bonchev–Trinajstić information content (AvgIpc) is 2.11. The molecule has 0 aromatic heterocycles. The number of nitrogens with two attached hydrogens (primary N) is 1. The minimum Gasteiger partial charge on any atom is -0.508 e. The first-order valence-corrected chi connectivity index (χ1v) is 5.06. The summed E-state index contributed by atoms with van der Waals surface area (Å²) >= 11 is 6.08. The third-order valence-electron chi connectivity index (χ3n) is 2.04. The molecule has 3 nitrogen and oxygen atoms in total. The van der Waals surface area contributed by atoms with E-state index < -0.39 is 5.54 Å². The number of methoxy groups -OCH3 is 1. The van der Waals surface area contributed by atoms with Gasteiger partial charge in [-0.2, -0.15) is 0 Å². The maximum atomic E-state index is 9.68. The van der Waals surface area contributed by atoms with Crippen LogP contribution in [0.5, 0.6) is 11.5 Å². The van der Waals surface area contributed by atoms with E-state index in [1.54, 1.807) is 12.1 Å². The van der Waals surface area contributed by atoms with Gasteiger partial charge in [0.2, 0.25) is 0 Å². The third-order valence-corrected chi connectivity index (χ3v) is 2.45. The number of ether oxygens (including phenoxy) is 1. The van der Waals surface area contributed by atoms with Crippen LogP contribution in [0.1, 0.15) is 19.4 Å². The van der Waals surface area contributed by atoms with Crippen LogP contribution in [0.2, 0.25) is 5.02 Å². The van der Waals surface area contributed by atoms with Gasteiger partial charge in [-0.15, -0.1) is 0 Å². The number of halogens is 1. The highest BCUT2D eigenvalue weighted by atomic mass is 35.5. The van der Waals surface area contributed by atoms with Crippen molar-refractivity contribution < 1.29 is 9.84 Å². The molecule has 0 heterocycles. The van der Waals surface area contributed by atoms with Crippen molar-refractivity contribution in [2.45, 2.75) is 25.8 Å². The molecule has 0 atom stereocenters. The minimum atomic E-state index is -0.423. The summed E-state index contributed by atoms with van der Waals surface area (Å²) in [6.45, 7) is 3.75. The molecule has 4 heteroatoms. The van der Waals surface area contributed by atoms with E-state index in [0.29, 0.717) is 22.8 Å². The molecule has 1 rings (SSSR count). The molecule has 1 aromatic carbocycles. The molecule has 3 N–H and O–H groups in total. The molecule has 84 valence electrons. The lowest BCUT2D eigenvalue weighted by molar-refractivity contribution is 0.408. The quantitative estimate of drug-likeness (QED) is 0.837. The Bertz CT molecular complexity index is 358. The minimum absolute atomic E-state index is 0.152. The molecule has 0 saturated heterocycles. The van der Waals surface area contributed by atoms with E-state index in [-0.39, 0.29) is 5.75 Å². The molecule has 0 radical (unpaired) electrons. The molecule has 0 bridgehead atoms. The topological polar surface area (TPSA) is 55.5 Å². The van der Waals surface area contributed by atoms with Gasteiger partial charge >= 0.3 is 0 Å². The lowest BCUT2D eigenvalue weighted by atomic mass is 9.95. The average molecular weight is 230 g/mol. The van der Waals surface area contributed by atoms with Crippen molar-refractivity contribution in [2.24, 2.45) is 5.73 Å². The smallest absolute Gasteiger partial charge is 0.138 e. The van der Waals surface area contributed by atoms with Gasteiger partial charge in [0.25, 0.3) is 0 Å². The summed E-state index contributed by atoms with van der Waals surface area (Å²) in [5.74, 6) is 0.702. The van der Waals surface area contributed by atoms with E-state index >= 15 is 0 Å². The Morgan fingerprint density at radius 1 is 1.47 bits per heavy atom. The monoisotopic (exact) mass is 229 g/mol. The maximum Gasteiger partial charge on any atom is 0.138 e. The van der Waals surface area contributed by atoms with E-state index in [9.17, 15) is 5.11 Å². The maximum absolute atomic E-state index is 9.68. The van der Waals surface area contributed by atoms with Crippen LogP contribution < -0.4 is 10.5 Å². The Balaban J connectivity index is 3.15. The Morgan fingerprint density at radius 3 is 2.53 bits per heavy atom.